The summed E-state index contributed by atoms with van der Waals surface area (Å²) in [6, 6.07) is 7.29. The Balaban J connectivity index is 2.31. The second-order valence-corrected chi connectivity index (χ2v) is 3.68. The maximum absolute atomic E-state index is 11.7. The van der Waals surface area contributed by atoms with E-state index in [1.54, 1.807) is 25.3 Å². The van der Waals surface area contributed by atoms with Crippen LogP contribution in [0.5, 0.6) is 0 Å². The molecule has 4 heteroatoms. The molecular formula is C13H14N2O2. The predicted molar refractivity (Wildman–Crippen MR) is 64.7 cm³/mol. The van der Waals surface area contributed by atoms with Gasteiger partial charge in [0.15, 0.2) is 11.7 Å². The zero-order chi connectivity index (χ0) is 12.3. The van der Waals surface area contributed by atoms with E-state index in [1.807, 2.05) is 19.1 Å². The average Bonchev–Trinajstić information content (AvgIpc) is 2.76. The second-order valence-electron chi connectivity index (χ2n) is 3.68. The molecule has 0 atom stereocenters. The Morgan fingerprint density at radius 1 is 1.47 bits per heavy atom. The number of nitrogens with zero attached hydrogens (tertiary/aromatic N) is 1. The molecule has 2 rings (SSSR count). The van der Waals surface area contributed by atoms with Crippen molar-refractivity contribution in [1.82, 2.24) is 10.3 Å². The van der Waals surface area contributed by atoms with Crippen molar-refractivity contribution in [2.45, 2.75) is 13.8 Å². The van der Waals surface area contributed by atoms with Gasteiger partial charge in [-0.1, -0.05) is 12.1 Å². The van der Waals surface area contributed by atoms with Gasteiger partial charge in [-0.25, -0.2) is 4.98 Å². The van der Waals surface area contributed by atoms with Crippen LogP contribution in [0.15, 0.2) is 34.9 Å². The fourth-order valence-electron chi connectivity index (χ4n) is 1.57. The summed E-state index contributed by atoms with van der Waals surface area (Å²) in [7, 11) is 0. The minimum Gasteiger partial charge on any atom is -0.441 e. The minimum absolute atomic E-state index is 0.0782. The Kier molecular flexibility index (Phi) is 3.23. The Labute approximate surface area is 99.7 Å². The largest absolute Gasteiger partial charge is 0.441 e. The molecule has 0 aliphatic carbocycles. The smallest absolute Gasteiger partial charge is 0.251 e. The van der Waals surface area contributed by atoms with E-state index in [2.05, 4.69) is 10.3 Å². The molecule has 0 saturated heterocycles. The highest BCUT2D eigenvalue weighted by atomic mass is 16.4. The molecule has 0 fully saturated rings. The van der Waals surface area contributed by atoms with Crippen molar-refractivity contribution in [2.24, 2.45) is 0 Å². The number of aromatic nitrogens is 1. The SMILES string of the molecule is CCNC(=O)c1cccc(-c2cnc(C)o2)c1. The fraction of sp³-hybridized carbons (Fsp3) is 0.231. The summed E-state index contributed by atoms with van der Waals surface area (Å²) >= 11 is 0. The molecule has 1 aromatic heterocycles. The summed E-state index contributed by atoms with van der Waals surface area (Å²) in [5, 5.41) is 2.76. The van der Waals surface area contributed by atoms with Gasteiger partial charge in [0.25, 0.3) is 5.91 Å². The number of carbonyl (C=O) groups is 1. The summed E-state index contributed by atoms with van der Waals surface area (Å²) < 4.78 is 5.42. The van der Waals surface area contributed by atoms with Crippen LogP contribution in [0.2, 0.25) is 0 Å². The Morgan fingerprint density at radius 2 is 2.29 bits per heavy atom. The Hall–Kier alpha value is -2.10. The van der Waals surface area contributed by atoms with Crippen LogP contribution in [0.3, 0.4) is 0 Å². The van der Waals surface area contributed by atoms with E-state index in [0.29, 0.717) is 23.8 Å². The number of oxazole rings is 1. The van der Waals surface area contributed by atoms with Crippen LogP contribution in [0, 0.1) is 6.92 Å². The Morgan fingerprint density at radius 3 is 2.94 bits per heavy atom. The fourth-order valence-corrected chi connectivity index (χ4v) is 1.57. The minimum atomic E-state index is -0.0782. The molecule has 1 N–H and O–H groups in total. The number of rotatable bonds is 3. The first-order chi connectivity index (χ1) is 8.20. The highest BCUT2D eigenvalue weighted by molar-refractivity contribution is 5.95. The lowest BCUT2D eigenvalue weighted by atomic mass is 10.1. The van der Waals surface area contributed by atoms with Crippen molar-refractivity contribution in [3.63, 3.8) is 0 Å². The monoisotopic (exact) mass is 230 g/mol. The van der Waals surface area contributed by atoms with E-state index < -0.39 is 0 Å². The van der Waals surface area contributed by atoms with Crippen molar-refractivity contribution < 1.29 is 9.21 Å². The van der Waals surface area contributed by atoms with Crippen LogP contribution < -0.4 is 5.32 Å². The lowest BCUT2D eigenvalue weighted by Gasteiger charge is -2.03. The highest BCUT2D eigenvalue weighted by Crippen LogP contribution is 2.21. The van der Waals surface area contributed by atoms with Gasteiger partial charge in [0.2, 0.25) is 0 Å². The van der Waals surface area contributed by atoms with E-state index in [4.69, 9.17) is 4.42 Å². The van der Waals surface area contributed by atoms with Gasteiger partial charge in [-0.3, -0.25) is 4.79 Å². The van der Waals surface area contributed by atoms with E-state index >= 15 is 0 Å². The van der Waals surface area contributed by atoms with E-state index in [-0.39, 0.29) is 5.91 Å². The van der Waals surface area contributed by atoms with E-state index in [9.17, 15) is 4.79 Å². The van der Waals surface area contributed by atoms with Crippen LogP contribution in [-0.2, 0) is 0 Å². The number of hydrogen-bond donors (Lipinski definition) is 1. The van der Waals surface area contributed by atoms with Gasteiger partial charge < -0.3 is 9.73 Å². The highest BCUT2D eigenvalue weighted by Gasteiger charge is 2.08. The standard InChI is InChI=1S/C13H14N2O2/c1-3-14-13(16)11-6-4-5-10(7-11)12-8-15-9(2)17-12/h4-8H,3H2,1-2H3,(H,14,16). The number of aryl methyl sites for hydroxylation is 1. The van der Waals surface area contributed by atoms with Gasteiger partial charge in [-0.2, -0.15) is 0 Å². The zero-order valence-corrected chi connectivity index (χ0v) is 9.86. The van der Waals surface area contributed by atoms with Gasteiger partial charge in [0.1, 0.15) is 0 Å². The molecule has 1 aromatic carbocycles. The maximum atomic E-state index is 11.7. The van der Waals surface area contributed by atoms with Crippen LogP contribution in [0.4, 0.5) is 0 Å². The first kappa shape index (κ1) is 11.4. The first-order valence-corrected chi connectivity index (χ1v) is 5.51. The molecule has 1 heterocycles. The molecule has 0 spiro atoms. The first-order valence-electron chi connectivity index (χ1n) is 5.51. The zero-order valence-electron chi connectivity index (χ0n) is 9.86. The number of benzene rings is 1. The summed E-state index contributed by atoms with van der Waals surface area (Å²) in [6.45, 7) is 4.29. The van der Waals surface area contributed by atoms with Crippen molar-refractivity contribution in [2.75, 3.05) is 6.54 Å². The van der Waals surface area contributed by atoms with Gasteiger partial charge in [0.05, 0.1) is 6.20 Å². The number of hydrogen-bond acceptors (Lipinski definition) is 3. The van der Waals surface area contributed by atoms with Gasteiger partial charge in [0, 0.05) is 24.6 Å². The maximum Gasteiger partial charge on any atom is 0.251 e. The lowest BCUT2D eigenvalue weighted by molar-refractivity contribution is 0.0956. The molecular weight excluding hydrogens is 216 g/mol. The topological polar surface area (TPSA) is 55.1 Å². The molecule has 0 bridgehead atoms. The molecule has 0 aliphatic heterocycles. The average molecular weight is 230 g/mol. The van der Waals surface area contributed by atoms with Crippen molar-refractivity contribution >= 4 is 5.91 Å². The molecule has 4 nitrogen and oxygen atoms in total. The third-order valence-corrected chi connectivity index (χ3v) is 2.37. The lowest BCUT2D eigenvalue weighted by Crippen LogP contribution is -2.22. The van der Waals surface area contributed by atoms with Crippen molar-refractivity contribution in [1.29, 1.82) is 0 Å². The van der Waals surface area contributed by atoms with Crippen LogP contribution in [0.25, 0.3) is 11.3 Å². The summed E-state index contributed by atoms with van der Waals surface area (Å²) in [5.74, 6) is 1.21. The van der Waals surface area contributed by atoms with Gasteiger partial charge >= 0.3 is 0 Å². The number of nitrogens with one attached hydrogen (secondary N) is 1. The Bertz CT molecular complexity index is 532. The van der Waals surface area contributed by atoms with Crippen molar-refractivity contribution in [3.8, 4) is 11.3 Å². The van der Waals surface area contributed by atoms with E-state index in [1.165, 1.54) is 0 Å². The number of amides is 1. The summed E-state index contributed by atoms with van der Waals surface area (Å²) in [4.78, 5) is 15.7. The third-order valence-electron chi connectivity index (χ3n) is 2.37. The third kappa shape index (κ3) is 2.53. The molecule has 1 amide bonds. The summed E-state index contributed by atoms with van der Waals surface area (Å²) in [5.41, 5.74) is 1.48. The molecule has 2 aromatic rings. The van der Waals surface area contributed by atoms with Crippen molar-refractivity contribution in [3.05, 3.63) is 41.9 Å². The van der Waals surface area contributed by atoms with Crippen LogP contribution in [0.1, 0.15) is 23.2 Å². The van der Waals surface area contributed by atoms with Gasteiger partial charge in [-0.15, -0.1) is 0 Å². The predicted octanol–water partition coefficient (Wildman–Crippen LogP) is 2.40. The second kappa shape index (κ2) is 4.82. The number of carbonyl (C=O) groups excluding carboxylic acids is 1. The van der Waals surface area contributed by atoms with Gasteiger partial charge in [-0.05, 0) is 19.1 Å². The normalized spacial score (nSPS) is 10.2. The van der Waals surface area contributed by atoms with Crippen LogP contribution >= 0.6 is 0 Å². The molecule has 0 unspecified atom stereocenters. The summed E-state index contributed by atoms with van der Waals surface area (Å²) in [6.07, 6.45) is 1.66. The quantitative estimate of drug-likeness (QED) is 0.880. The molecule has 0 radical (unpaired) electrons. The molecule has 88 valence electrons. The van der Waals surface area contributed by atoms with E-state index in [0.717, 1.165) is 5.56 Å². The molecule has 17 heavy (non-hydrogen) atoms. The van der Waals surface area contributed by atoms with Crippen LogP contribution in [-0.4, -0.2) is 17.4 Å². The molecule has 0 aliphatic rings. The molecule has 0 saturated carbocycles.